The Bertz CT molecular complexity index is 1110. The van der Waals surface area contributed by atoms with E-state index >= 15 is 0 Å². The molecule has 7 nitrogen and oxygen atoms in total. The first kappa shape index (κ1) is 20.9. The van der Waals surface area contributed by atoms with Crippen LogP contribution in [0.3, 0.4) is 0 Å². The number of alkyl halides is 2. The lowest BCUT2D eigenvalue weighted by atomic mass is 9.95. The number of halogens is 3. The molecule has 0 aliphatic carbocycles. The molecule has 31 heavy (non-hydrogen) atoms. The van der Waals surface area contributed by atoms with E-state index in [1.165, 1.54) is 23.1 Å². The number of hydrogen-bond acceptors (Lipinski definition) is 3. The topological polar surface area (TPSA) is 74.8 Å². The molecule has 2 N–H and O–H groups in total. The Morgan fingerprint density at radius 2 is 2.16 bits per heavy atom. The van der Waals surface area contributed by atoms with Gasteiger partial charge in [0, 0.05) is 30.6 Å². The molecule has 0 fully saturated rings. The van der Waals surface area contributed by atoms with E-state index in [1.807, 2.05) is 0 Å². The summed E-state index contributed by atoms with van der Waals surface area (Å²) in [5.74, 6) is -3.91. The molecule has 0 radical (unpaired) electrons. The molecule has 0 saturated carbocycles. The van der Waals surface area contributed by atoms with Crippen molar-refractivity contribution in [3.63, 3.8) is 0 Å². The number of benzene rings is 1. The summed E-state index contributed by atoms with van der Waals surface area (Å²) in [4.78, 5) is 17.1. The van der Waals surface area contributed by atoms with Crippen LogP contribution in [0.4, 0.5) is 29.3 Å². The lowest BCUT2D eigenvalue weighted by Gasteiger charge is -2.28. The number of nitrogens with one attached hydrogen (secondary N) is 1. The summed E-state index contributed by atoms with van der Waals surface area (Å²) in [5.41, 5.74) is -1.00. The number of hydrogen-bond donors (Lipinski definition) is 2. The standard InChI is InChI=1S/C21H20F3N5O2/c1-3-20(31)7-8-21(23,24)18-14-11-28(9-6-16(14)27-29(18)12-20)19(30)26-13-4-5-15(22)17(10-13)25-2/h3-5,10,31H,1,6-9,11-12H2,(H,26,30)/t20-/m0/s1. The molecular weight excluding hydrogens is 411 g/mol. The third-order valence-corrected chi connectivity index (χ3v) is 5.73. The highest BCUT2D eigenvalue weighted by molar-refractivity contribution is 5.90. The summed E-state index contributed by atoms with van der Waals surface area (Å²) >= 11 is 0. The molecule has 2 aliphatic rings. The Hall–Kier alpha value is -3.32. The van der Waals surface area contributed by atoms with E-state index in [0.717, 1.165) is 10.7 Å². The summed E-state index contributed by atoms with van der Waals surface area (Å²) in [6, 6.07) is 3.07. The Labute approximate surface area is 176 Å². The van der Waals surface area contributed by atoms with Crippen molar-refractivity contribution in [2.24, 2.45) is 0 Å². The quantitative estimate of drug-likeness (QED) is 0.558. The van der Waals surface area contributed by atoms with E-state index in [1.54, 1.807) is 0 Å². The van der Waals surface area contributed by atoms with Gasteiger partial charge in [0.1, 0.15) is 17.1 Å². The maximum absolute atomic E-state index is 15.0. The predicted molar refractivity (Wildman–Crippen MR) is 106 cm³/mol. The summed E-state index contributed by atoms with van der Waals surface area (Å²) in [6.45, 7) is 10.6. The second-order valence-corrected chi connectivity index (χ2v) is 7.82. The van der Waals surface area contributed by atoms with E-state index in [-0.39, 0.29) is 55.1 Å². The second kappa shape index (κ2) is 7.42. The van der Waals surface area contributed by atoms with Gasteiger partial charge in [0.05, 0.1) is 25.4 Å². The van der Waals surface area contributed by atoms with Crippen LogP contribution in [0.1, 0.15) is 29.8 Å². The monoisotopic (exact) mass is 431 g/mol. The van der Waals surface area contributed by atoms with Crippen molar-refractivity contribution in [3.8, 4) is 0 Å². The molecule has 0 bridgehead atoms. The second-order valence-electron chi connectivity index (χ2n) is 7.82. The number of aromatic nitrogens is 2. The van der Waals surface area contributed by atoms with E-state index in [0.29, 0.717) is 5.69 Å². The van der Waals surface area contributed by atoms with Crippen LogP contribution < -0.4 is 5.32 Å². The number of fused-ring (bicyclic) bond motifs is 3. The molecule has 4 rings (SSSR count). The van der Waals surface area contributed by atoms with Gasteiger partial charge < -0.3 is 15.3 Å². The molecule has 1 aromatic heterocycles. The molecule has 2 aliphatic heterocycles. The van der Waals surface area contributed by atoms with Crippen molar-refractivity contribution in [3.05, 3.63) is 65.0 Å². The highest BCUT2D eigenvalue weighted by Gasteiger charge is 2.46. The molecule has 0 saturated heterocycles. The van der Waals surface area contributed by atoms with E-state index in [4.69, 9.17) is 6.57 Å². The molecule has 0 spiro atoms. The predicted octanol–water partition coefficient (Wildman–Crippen LogP) is 3.97. The zero-order valence-corrected chi connectivity index (χ0v) is 16.5. The molecule has 1 atom stereocenters. The lowest BCUT2D eigenvalue weighted by molar-refractivity contribution is -0.0311. The lowest BCUT2D eigenvalue weighted by Crippen LogP contribution is -2.39. The number of carbonyl (C=O) groups excluding carboxylic acids is 1. The van der Waals surface area contributed by atoms with E-state index in [9.17, 15) is 23.1 Å². The van der Waals surface area contributed by atoms with Gasteiger partial charge in [-0.05, 0) is 24.6 Å². The summed E-state index contributed by atoms with van der Waals surface area (Å²) < 4.78 is 44.6. The third-order valence-electron chi connectivity index (χ3n) is 5.73. The SMILES string of the molecule is [C-]#[N+]c1cc(NC(=O)N2CCc3nn4c(c3C2)C(F)(F)CC[C@@](O)(C=C)C4)ccc1F. The zero-order valence-electron chi connectivity index (χ0n) is 16.5. The van der Waals surface area contributed by atoms with Crippen LogP contribution in [-0.2, 0) is 25.4 Å². The van der Waals surface area contributed by atoms with Crippen LogP contribution in [0.5, 0.6) is 0 Å². The minimum Gasteiger partial charge on any atom is -0.384 e. The van der Waals surface area contributed by atoms with Gasteiger partial charge in [-0.3, -0.25) is 4.68 Å². The van der Waals surface area contributed by atoms with Crippen LogP contribution in [-0.4, -0.2) is 38.0 Å². The first-order chi connectivity index (χ1) is 14.7. The van der Waals surface area contributed by atoms with Gasteiger partial charge >= 0.3 is 6.03 Å². The van der Waals surface area contributed by atoms with Gasteiger partial charge in [-0.1, -0.05) is 6.08 Å². The Kier molecular flexibility index (Phi) is 5.01. The van der Waals surface area contributed by atoms with Crippen molar-refractivity contribution in [1.82, 2.24) is 14.7 Å². The molecule has 162 valence electrons. The Balaban J connectivity index is 1.60. The highest BCUT2D eigenvalue weighted by atomic mass is 19.3. The maximum Gasteiger partial charge on any atom is 0.322 e. The average molecular weight is 431 g/mol. The van der Waals surface area contributed by atoms with Crippen molar-refractivity contribution < 1.29 is 23.1 Å². The zero-order chi connectivity index (χ0) is 22.4. The fourth-order valence-corrected chi connectivity index (χ4v) is 4.00. The van der Waals surface area contributed by atoms with Crippen molar-refractivity contribution in [2.45, 2.75) is 43.9 Å². The van der Waals surface area contributed by atoms with Gasteiger partial charge in [-0.2, -0.15) is 13.9 Å². The van der Waals surface area contributed by atoms with Crippen LogP contribution in [0.2, 0.25) is 0 Å². The average Bonchev–Trinajstić information content (AvgIpc) is 3.06. The molecule has 10 heteroatoms. The van der Waals surface area contributed by atoms with Crippen molar-refractivity contribution in [2.75, 3.05) is 11.9 Å². The third kappa shape index (κ3) is 3.77. The van der Waals surface area contributed by atoms with Crippen molar-refractivity contribution in [1.29, 1.82) is 0 Å². The first-order valence-corrected chi connectivity index (χ1v) is 9.71. The summed E-state index contributed by atoms with van der Waals surface area (Å²) in [7, 11) is 0. The molecular formula is C21H20F3N5O2. The number of carbonyl (C=O) groups is 1. The molecule has 2 aromatic rings. The minimum absolute atomic E-state index is 0.0739. The van der Waals surface area contributed by atoms with Crippen molar-refractivity contribution >= 4 is 17.4 Å². The number of anilines is 1. The number of amides is 2. The number of rotatable bonds is 2. The first-order valence-electron chi connectivity index (χ1n) is 9.71. The minimum atomic E-state index is -3.21. The largest absolute Gasteiger partial charge is 0.384 e. The van der Waals surface area contributed by atoms with Crippen LogP contribution >= 0.6 is 0 Å². The van der Waals surface area contributed by atoms with Crippen LogP contribution in [0.15, 0.2) is 30.9 Å². The van der Waals surface area contributed by atoms with E-state index in [2.05, 4.69) is 21.8 Å². The maximum atomic E-state index is 15.0. The molecule has 2 amide bonds. The number of urea groups is 1. The number of nitrogens with zero attached hydrogens (tertiary/aromatic N) is 4. The fourth-order valence-electron chi connectivity index (χ4n) is 4.00. The van der Waals surface area contributed by atoms with Crippen LogP contribution in [0.25, 0.3) is 4.85 Å². The fraction of sp³-hybridized carbons (Fsp3) is 0.381. The van der Waals surface area contributed by atoms with Gasteiger partial charge in [0.15, 0.2) is 0 Å². The molecule has 3 heterocycles. The normalized spacial score (nSPS) is 22.0. The smallest absolute Gasteiger partial charge is 0.322 e. The Morgan fingerprint density at radius 1 is 1.39 bits per heavy atom. The van der Waals surface area contributed by atoms with Crippen LogP contribution in [0, 0.1) is 12.4 Å². The molecule has 1 aromatic carbocycles. The summed E-state index contributed by atoms with van der Waals surface area (Å²) in [5, 5.41) is 17.4. The van der Waals surface area contributed by atoms with Gasteiger partial charge in [0.25, 0.3) is 5.92 Å². The van der Waals surface area contributed by atoms with Gasteiger partial charge in [-0.25, -0.2) is 14.0 Å². The van der Waals surface area contributed by atoms with Gasteiger partial charge in [-0.15, -0.1) is 6.58 Å². The highest BCUT2D eigenvalue weighted by Crippen LogP contribution is 2.42. The number of aliphatic hydroxyl groups is 1. The Morgan fingerprint density at radius 3 is 2.87 bits per heavy atom. The molecule has 0 unspecified atom stereocenters. The summed E-state index contributed by atoms with van der Waals surface area (Å²) in [6.07, 6.45) is 0.829. The van der Waals surface area contributed by atoms with Gasteiger partial charge in [0.2, 0.25) is 5.69 Å². The van der Waals surface area contributed by atoms with E-state index < -0.39 is 29.8 Å².